The van der Waals surface area contributed by atoms with Crippen LogP contribution in [-0.2, 0) is 10.2 Å². The van der Waals surface area contributed by atoms with Crippen molar-refractivity contribution in [2.75, 3.05) is 19.8 Å². The number of fused-ring (bicyclic) bond motifs is 1. The maximum absolute atomic E-state index is 12.5. The monoisotopic (exact) mass is 332 g/mol. The molecule has 132 valence electrons. The molecule has 3 rings (SSSR count). The lowest BCUT2D eigenvalue weighted by Crippen LogP contribution is -2.56. The van der Waals surface area contributed by atoms with E-state index in [9.17, 15) is 4.79 Å². The number of benzene rings is 1. The number of rotatable bonds is 4. The van der Waals surface area contributed by atoms with Crippen LogP contribution in [0.3, 0.4) is 0 Å². The summed E-state index contributed by atoms with van der Waals surface area (Å²) in [5.41, 5.74) is 6.52. The van der Waals surface area contributed by atoms with Crippen LogP contribution in [0, 0.1) is 0 Å². The van der Waals surface area contributed by atoms with Crippen molar-refractivity contribution in [1.82, 2.24) is 5.32 Å². The highest BCUT2D eigenvalue weighted by molar-refractivity contribution is 5.86. The number of carbonyl (C=O) groups is 1. The Balaban J connectivity index is 1.66. The van der Waals surface area contributed by atoms with Gasteiger partial charge in [-0.1, -0.05) is 39.2 Å². The first-order valence-corrected chi connectivity index (χ1v) is 8.88. The molecule has 5 nitrogen and oxygen atoms in total. The molecule has 0 radical (unpaired) electrons. The van der Waals surface area contributed by atoms with Gasteiger partial charge in [-0.25, -0.2) is 0 Å². The largest absolute Gasteiger partial charge is 0.486 e. The second kappa shape index (κ2) is 6.63. The molecule has 0 saturated heterocycles. The van der Waals surface area contributed by atoms with Crippen LogP contribution < -0.4 is 20.5 Å². The van der Waals surface area contributed by atoms with Gasteiger partial charge in [0, 0.05) is 12.0 Å². The number of nitrogens with one attached hydrogen (secondary N) is 1. The van der Waals surface area contributed by atoms with Crippen molar-refractivity contribution in [2.45, 2.75) is 56.9 Å². The molecule has 1 fully saturated rings. The van der Waals surface area contributed by atoms with Gasteiger partial charge in [0.25, 0.3) is 0 Å². The number of carbonyl (C=O) groups excluding carboxylic acids is 1. The van der Waals surface area contributed by atoms with E-state index in [-0.39, 0.29) is 11.3 Å². The van der Waals surface area contributed by atoms with Gasteiger partial charge >= 0.3 is 0 Å². The fraction of sp³-hybridized carbons (Fsp3) is 0.632. The number of ether oxygens (including phenoxy) is 2. The van der Waals surface area contributed by atoms with Crippen molar-refractivity contribution in [3.8, 4) is 11.5 Å². The Bertz CT molecular complexity index is 607. The highest BCUT2D eigenvalue weighted by Gasteiger charge is 2.36. The first kappa shape index (κ1) is 17.1. The Morgan fingerprint density at radius 1 is 1.17 bits per heavy atom. The third-order valence-corrected chi connectivity index (χ3v) is 5.21. The second-order valence-electron chi connectivity index (χ2n) is 7.64. The van der Waals surface area contributed by atoms with E-state index in [1.807, 2.05) is 18.2 Å². The molecule has 1 heterocycles. The van der Waals surface area contributed by atoms with E-state index in [1.165, 1.54) is 6.42 Å². The molecule has 1 saturated carbocycles. The van der Waals surface area contributed by atoms with Crippen molar-refractivity contribution >= 4 is 5.91 Å². The summed E-state index contributed by atoms with van der Waals surface area (Å²) >= 11 is 0. The third kappa shape index (κ3) is 3.51. The summed E-state index contributed by atoms with van der Waals surface area (Å²) in [6.45, 7) is 5.93. The molecule has 1 aliphatic carbocycles. The lowest BCUT2D eigenvalue weighted by Gasteiger charge is -2.34. The van der Waals surface area contributed by atoms with Crippen molar-refractivity contribution in [3.63, 3.8) is 0 Å². The molecule has 2 aliphatic rings. The summed E-state index contributed by atoms with van der Waals surface area (Å²) in [5.74, 6) is 1.54. The third-order valence-electron chi connectivity index (χ3n) is 5.21. The molecular formula is C19H28N2O3. The molecule has 1 aromatic rings. The number of hydrogen-bond acceptors (Lipinski definition) is 4. The molecule has 0 aromatic heterocycles. The average Bonchev–Trinajstić information content (AvgIpc) is 2.60. The van der Waals surface area contributed by atoms with Crippen LogP contribution in [0.5, 0.6) is 11.5 Å². The van der Waals surface area contributed by atoms with Gasteiger partial charge in [-0.15, -0.1) is 0 Å². The summed E-state index contributed by atoms with van der Waals surface area (Å²) in [6.07, 6.45) is 4.81. The minimum Gasteiger partial charge on any atom is -0.486 e. The maximum atomic E-state index is 12.5. The molecule has 1 aliphatic heterocycles. The van der Waals surface area contributed by atoms with E-state index in [0.29, 0.717) is 19.8 Å². The topological polar surface area (TPSA) is 73.6 Å². The van der Waals surface area contributed by atoms with Crippen molar-refractivity contribution in [1.29, 1.82) is 0 Å². The van der Waals surface area contributed by atoms with Crippen LogP contribution in [0.1, 0.15) is 51.5 Å². The zero-order valence-corrected chi connectivity index (χ0v) is 14.7. The summed E-state index contributed by atoms with van der Waals surface area (Å²) in [6, 6.07) is 6.00. The number of nitrogens with two attached hydrogens (primary N) is 1. The van der Waals surface area contributed by atoms with Gasteiger partial charge in [0.2, 0.25) is 5.91 Å². The highest BCUT2D eigenvalue weighted by Crippen LogP contribution is 2.35. The van der Waals surface area contributed by atoms with E-state index < -0.39 is 5.54 Å². The van der Waals surface area contributed by atoms with E-state index in [1.54, 1.807) is 0 Å². The lowest BCUT2D eigenvalue weighted by molar-refractivity contribution is -0.127. The molecule has 0 spiro atoms. The first-order chi connectivity index (χ1) is 11.4. The van der Waals surface area contributed by atoms with Crippen LogP contribution in [-0.4, -0.2) is 31.2 Å². The molecular weight excluding hydrogens is 304 g/mol. The van der Waals surface area contributed by atoms with Crippen molar-refractivity contribution in [2.24, 2.45) is 5.73 Å². The Morgan fingerprint density at radius 3 is 2.54 bits per heavy atom. The Hall–Kier alpha value is -1.75. The van der Waals surface area contributed by atoms with Gasteiger partial charge < -0.3 is 20.5 Å². The van der Waals surface area contributed by atoms with E-state index in [2.05, 4.69) is 19.2 Å². The molecule has 24 heavy (non-hydrogen) atoms. The molecule has 1 amide bonds. The molecule has 1 aromatic carbocycles. The molecule has 5 heteroatoms. The van der Waals surface area contributed by atoms with Gasteiger partial charge in [0.15, 0.2) is 11.5 Å². The van der Waals surface area contributed by atoms with Gasteiger partial charge in [-0.3, -0.25) is 4.79 Å². The minimum atomic E-state index is -0.693. The Morgan fingerprint density at radius 2 is 1.83 bits per heavy atom. The normalized spacial score (nSPS) is 19.6. The fourth-order valence-electron chi connectivity index (χ4n) is 3.45. The van der Waals surface area contributed by atoms with Crippen LogP contribution >= 0.6 is 0 Å². The van der Waals surface area contributed by atoms with Gasteiger partial charge in [0.1, 0.15) is 13.2 Å². The van der Waals surface area contributed by atoms with E-state index in [0.717, 1.165) is 42.7 Å². The van der Waals surface area contributed by atoms with Crippen LogP contribution in [0.4, 0.5) is 0 Å². The van der Waals surface area contributed by atoms with Crippen LogP contribution in [0.15, 0.2) is 18.2 Å². The molecule has 0 unspecified atom stereocenters. The SMILES string of the molecule is CC(C)(CNC(=O)C1(N)CCCCC1)c1ccc2c(c1)OCCO2. The van der Waals surface area contributed by atoms with E-state index in [4.69, 9.17) is 15.2 Å². The Labute approximate surface area is 143 Å². The Kier molecular flexibility index (Phi) is 4.72. The molecule has 3 N–H and O–H groups in total. The predicted octanol–water partition coefficient (Wildman–Crippen LogP) is 2.51. The van der Waals surface area contributed by atoms with E-state index >= 15 is 0 Å². The van der Waals surface area contributed by atoms with Crippen LogP contribution in [0.25, 0.3) is 0 Å². The molecule has 0 bridgehead atoms. The summed E-state index contributed by atoms with van der Waals surface area (Å²) in [5, 5.41) is 3.08. The minimum absolute atomic E-state index is 0.0205. The first-order valence-electron chi connectivity index (χ1n) is 8.88. The fourth-order valence-corrected chi connectivity index (χ4v) is 3.45. The van der Waals surface area contributed by atoms with Crippen molar-refractivity contribution < 1.29 is 14.3 Å². The smallest absolute Gasteiger partial charge is 0.240 e. The maximum Gasteiger partial charge on any atom is 0.240 e. The zero-order valence-electron chi connectivity index (χ0n) is 14.7. The predicted molar refractivity (Wildman–Crippen MR) is 93.5 cm³/mol. The number of amides is 1. The van der Waals surface area contributed by atoms with Gasteiger partial charge in [-0.2, -0.15) is 0 Å². The zero-order chi connectivity index (χ0) is 17.2. The summed E-state index contributed by atoms with van der Waals surface area (Å²) in [4.78, 5) is 12.5. The second-order valence-corrected chi connectivity index (χ2v) is 7.64. The van der Waals surface area contributed by atoms with Gasteiger partial charge in [0.05, 0.1) is 5.54 Å². The summed E-state index contributed by atoms with van der Waals surface area (Å²) in [7, 11) is 0. The summed E-state index contributed by atoms with van der Waals surface area (Å²) < 4.78 is 11.2. The number of hydrogen-bond donors (Lipinski definition) is 2. The highest BCUT2D eigenvalue weighted by atomic mass is 16.6. The van der Waals surface area contributed by atoms with Crippen molar-refractivity contribution in [3.05, 3.63) is 23.8 Å². The average molecular weight is 332 g/mol. The lowest BCUT2D eigenvalue weighted by atomic mass is 9.80. The standard InChI is InChI=1S/C19H28N2O3/c1-18(2,13-21-17(22)19(20)8-4-3-5-9-19)14-6-7-15-16(12-14)24-11-10-23-15/h6-7,12H,3-5,8-11,13,20H2,1-2H3,(H,21,22). The van der Waals surface area contributed by atoms with Gasteiger partial charge in [-0.05, 0) is 30.5 Å². The molecule has 0 atom stereocenters. The van der Waals surface area contributed by atoms with Crippen LogP contribution in [0.2, 0.25) is 0 Å². The quantitative estimate of drug-likeness (QED) is 0.888.